The molecule has 0 bridgehead atoms. The van der Waals surface area contributed by atoms with Crippen molar-refractivity contribution >= 4 is 0 Å². The van der Waals surface area contributed by atoms with Crippen molar-refractivity contribution in [1.82, 2.24) is 5.32 Å². The van der Waals surface area contributed by atoms with Gasteiger partial charge in [0.05, 0.1) is 6.61 Å². The molecule has 1 aliphatic heterocycles. The quantitative estimate of drug-likeness (QED) is 0.846. The molecule has 1 aromatic carbocycles. The number of aliphatic hydroxyl groups excluding tert-OH is 1. The predicted molar refractivity (Wildman–Crippen MR) is 93.6 cm³/mol. The van der Waals surface area contributed by atoms with Gasteiger partial charge in [0.1, 0.15) is 0 Å². The normalized spacial score (nSPS) is 34.6. The average Bonchev–Trinajstić information content (AvgIpc) is 3.05. The zero-order chi connectivity index (χ0) is 16.2. The predicted octanol–water partition coefficient (Wildman–Crippen LogP) is 3.27. The van der Waals surface area contributed by atoms with Crippen LogP contribution in [0, 0.1) is 5.41 Å². The van der Waals surface area contributed by atoms with E-state index < -0.39 is 0 Å². The highest BCUT2D eigenvalue weighted by Gasteiger charge is 2.36. The van der Waals surface area contributed by atoms with E-state index >= 15 is 0 Å². The fourth-order valence-electron chi connectivity index (χ4n) is 4.26. The number of aliphatic hydroxyl groups is 1. The standard InChI is InChI=1S/C20H31NO2/c1-19(17-5-3-2-4-6-17)9-7-18(8-10-19)21-15-20(11-13-22)12-14-23-16-20/h2-6,18,21-22H,7-16H2,1H3. The van der Waals surface area contributed by atoms with Crippen LogP contribution in [0.5, 0.6) is 0 Å². The van der Waals surface area contributed by atoms with Crippen LogP contribution in [0.15, 0.2) is 30.3 Å². The molecule has 3 nitrogen and oxygen atoms in total. The van der Waals surface area contributed by atoms with E-state index in [0.717, 1.165) is 32.6 Å². The smallest absolute Gasteiger partial charge is 0.0536 e. The van der Waals surface area contributed by atoms with Gasteiger partial charge in [-0.05, 0) is 49.5 Å². The third-order valence-electron chi connectivity index (χ3n) is 6.15. The van der Waals surface area contributed by atoms with Crippen molar-refractivity contribution in [2.45, 2.75) is 56.9 Å². The Labute approximate surface area is 140 Å². The van der Waals surface area contributed by atoms with Gasteiger partial charge in [0.15, 0.2) is 0 Å². The van der Waals surface area contributed by atoms with Crippen LogP contribution in [0.25, 0.3) is 0 Å². The third-order valence-corrected chi connectivity index (χ3v) is 6.15. The second-order valence-electron chi connectivity index (χ2n) is 7.86. The van der Waals surface area contributed by atoms with Gasteiger partial charge >= 0.3 is 0 Å². The molecule has 1 unspecified atom stereocenters. The lowest BCUT2D eigenvalue weighted by molar-refractivity contribution is 0.118. The molecule has 128 valence electrons. The molecule has 0 radical (unpaired) electrons. The zero-order valence-electron chi connectivity index (χ0n) is 14.4. The molecule has 0 aromatic heterocycles. The number of benzene rings is 1. The zero-order valence-corrected chi connectivity index (χ0v) is 14.4. The molecule has 2 aliphatic rings. The van der Waals surface area contributed by atoms with Gasteiger partial charge < -0.3 is 15.2 Å². The lowest BCUT2D eigenvalue weighted by atomic mass is 9.69. The van der Waals surface area contributed by atoms with Crippen molar-refractivity contribution in [1.29, 1.82) is 0 Å². The third kappa shape index (κ3) is 3.96. The van der Waals surface area contributed by atoms with Crippen LogP contribution in [0.3, 0.4) is 0 Å². The largest absolute Gasteiger partial charge is 0.396 e. The number of hydrogen-bond acceptors (Lipinski definition) is 3. The molecule has 1 atom stereocenters. The Hall–Kier alpha value is -0.900. The molecule has 23 heavy (non-hydrogen) atoms. The Morgan fingerprint density at radius 3 is 2.52 bits per heavy atom. The van der Waals surface area contributed by atoms with E-state index in [1.165, 1.54) is 31.2 Å². The Kier molecular flexibility index (Phi) is 5.40. The van der Waals surface area contributed by atoms with Crippen LogP contribution in [0.2, 0.25) is 0 Å². The molecule has 3 heteroatoms. The first kappa shape index (κ1) is 16.9. The number of ether oxygens (including phenoxy) is 1. The second-order valence-corrected chi connectivity index (χ2v) is 7.86. The maximum atomic E-state index is 9.34. The highest BCUT2D eigenvalue weighted by atomic mass is 16.5. The molecule has 2 N–H and O–H groups in total. The van der Waals surface area contributed by atoms with Gasteiger partial charge in [-0.25, -0.2) is 0 Å². The minimum Gasteiger partial charge on any atom is -0.396 e. The molecule has 0 amide bonds. The Bertz CT molecular complexity index is 474. The highest BCUT2D eigenvalue weighted by Crippen LogP contribution is 2.39. The minimum atomic E-state index is 0.162. The Balaban J connectivity index is 1.51. The van der Waals surface area contributed by atoms with E-state index in [0.29, 0.717) is 11.5 Å². The molecule has 1 aromatic rings. The fourth-order valence-corrected chi connectivity index (χ4v) is 4.26. The molecule has 0 spiro atoms. The monoisotopic (exact) mass is 317 g/mol. The van der Waals surface area contributed by atoms with Crippen LogP contribution >= 0.6 is 0 Å². The second kappa shape index (κ2) is 7.33. The van der Waals surface area contributed by atoms with Crippen LogP contribution in [-0.4, -0.2) is 37.5 Å². The lowest BCUT2D eigenvalue weighted by Crippen LogP contribution is -2.44. The summed E-state index contributed by atoms with van der Waals surface area (Å²) < 4.78 is 5.59. The number of rotatable bonds is 6. The average molecular weight is 317 g/mol. The maximum Gasteiger partial charge on any atom is 0.0536 e. The van der Waals surface area contributed by atoms with Crippen LogP contribution in [-0.2, 0) is 10.2 Å². The van der Waals surface area contributed by atoms with Crippen molar-refractivity contribution in [3.05, 3.63) is 35.9 Å². The fraction of sp³-hybridized carbons (Fsp3) is 0.700. The number of hydrogen-bond donors (Lipinski definition) is 2. The van der Waals surface area contributed by atoms with Crippen LogP contribution in [0.4, 0.5) is 0 Å². The summed E-state index contributed by atoms with van der Waals surface area (Å²) in [6, 6.07) is 11.6. The first-order valence-corrected chi connectivity index (χ1v) is 9.13. The molecule has 1 aliphatic carbocycles. The van der Waals surface area contributed by atoms with Gasteiger partial charge in [0.25, 0.3) is 0 Å². The van der Waals surface area contributed by atoms with E-state index in [2.05, 4.69) is 42.6 Å². The lowest BCUT2D eigenvalue weighted by Gasteiger charge is -2.39. The van der Waals surface area contributed by atoms with Crippen molar-refractivity contribution in [3.8, 4) is 0 Å². The van der Waals surface area contributed by atoms with E-state index in [4.69, 9.17) is 4.74 Å². The molecule has 1 heterocycles. The SMILES string of the molecule is CC1(c2ccccc2)CCC(NCC2(CCO)CCOC2)CC1. The van der Waals surface area contributed by atoms with Crippen molar-refractivity contribution in [2.75, 3.05) is 26.4 Å². The summed E-state index contributed by atoms with van der Waals surface area (Å²) in [6.45, 7) is 5.31. The summed E-state index contributed by atoms with van der Waals surface area (Å²) in [5.74, 6) is 0. The first-order chi connectivity index (χ1) is 11.2. The van der Waals surface area contributed by atoms with Gasteiger partial charge in [-0.3, -0.25) is 0 Å². The molecule has 1 saturated carbocycles. The van der Waals surface area contributed by atoms with E-state index in [1.807, 2.05) is 0 Å². The summed E-state index contributed by atoms with van der Waals surface area (Å²) in [4.78, 5) is 0. The summed E-state index contributed by atoms with van der Waals surface area (Å²) in [5.41, 5.74) is 1.98. The van der Waals surface area contributed by atoms with Gasteiger partial charge in [-0.15, -0.1) is 0 Å². The van der Waals surface area contributed by atoms with Crippen molar-refractivity contribution in [2.24, 2.45) is 5.41 Å². The maximum absolute atomic E-state index is 9.34. The van der Waals surface area contributed by atoms with Crippen molar-refractivity contribution in [3.63, 3.8) is 0 Å². The summed E-state index contributed by atoms with van der Waals surface area (Å²) in [7, 11) is 0. The molecule has 1 saturated heterocycles. The first-order valence-electron chi connectivity index (χ1n) is 9.13. The Morgan fingerprint density at radius 1 is 1.17 bits per heavy atom. The Morgan fingerprint density at radius 2 is 1.91 bits per heavy atom. The van der Waals surface area contributed by atoms with Gasteiger partial charge in [0, 0.05) is 31.2 Å². The van der Waals surface area contributed by atoms with Crippen molar-refractivity contribution < 1.29 is 9.84 Å². The van der Waals surface area contributed by atoms with E-state index in [-0.39, 0.29) is 12.0 Å². The van der Waals surface area contributed by atoms with Gasteiger partial charge in [0.2, 0.25) is 0 Å². The topological polar surface area (TPSA) is 41.5 Å². The van der Waals surface area contributed by atoms with Crippen LogP contribution < -0.4 is 5.32 Å². The van der Waals surface area contributed by atoms with Gasteiger partial charge in [-0.2, -0.15) is 0 Å². The van der Waals surface area contributed by atoms with E-state index in [9.17, 15) is 5.11 Å². The summed E-state index contributed by atoms with van der Waals surface area (Å²) >= 11 is 0. The van der Waals surface area contributed by atoms with Gasteiger partial charge in [-0.1, -0.05) is 37.3 Å². The molecule has 2 fully saturated rings. The molecular formula is C20H31NO2. The summed E-state index contributed by atoms with van der Waals surface area (Å²) in [6.07, 6.45) is 6.91. The number of nitrogens with one attached hydrogen (secondary N) is 1. The van der Waals surface area contributed by atoms with Crippen LogP contribution in [0.1, 0.15) is 51.0 Å². The molecular weight excluding hydrogens is 286 g/mol. The highest BCUT2D eigenvalue weighted by molar-refractivity contribution is 5.25. The van der Waals surface area contributed by atoms with E-state index in [1.54, 1.807) is 0 Å². The molecule has 3 rings (SSSR count). The summed E-state index contributed by atoms with van der Waals surface area (Å²) in [5, 5.41) is 13.1. The minimum absolute atomic E-state index is 0.162.